The van der Waals surface area contributed by atoms with E-state index in [1.54, 1.807) is 15.6 Å². The fourth-order valence-electron chi connectivity index (χ4n) is 5.08. The zero-order valence-corrected chi connectivity index (χ0v) is 24.7. The highest BCUT2D eigenvalue weighted by atomic mass is 16.6. The summed E-state index contributed by atoms with van der Waals surface area (Å²) in [5.41, 5.74) is 6.29. The number of ether oxygens (including phenoxy) is 1. The van der Waals surface area contributed by atoms with Gasteiger partial charge in [0.1, 0.15) is 11.7 Å². The van der Waals surface area contributed by atoms with Crippen molar-refractivity contribution in [2.75, 3.05) is 31.1 Å². The average molecular weight is 562 g/mol. The van der Waals surface area contributed by atoms with Crippen LogP contribution in [0.4, 0.5) is 10.5 Å². The van der Waals surface area contributed by atoms with Crippen molar-refractivity contribution in [3.05, 3.63) is 78.9 Å². The summed E-state index contributed by atoms with van der Waals surface area (Å²) < 4.78 is 7.28. The molecule has 0 unspecified atom stereocenters. The molecule has 1 aliphatic rings. The van der Waals surface area contributed by atoms with Crippen molar-refractivity contribution in [3.8, 4) is 28.3 Å². The first-order chi connectivity index (χ1) is 20.3. The molecule has 1 aliphatic heterocycles. The molecule has 0 radical (unpaired) electrons. The Labute approximate surface area is 246 Å². The second kappa shape index (κ2) is 11.9. The van der Waals surface area contributed by atoms with Crippen molar-refractivity contribution in [3.63, 3.8) is 0 Å². The number of hydrogen-bond donors (Lipinski definition) is 0. The van der Waals surface area contributed by atoms with Crippen LogP contribution in [0.15, 0.2) is 73.3 Å². The van der Waals surface area contributed by atoms with Gasteiger partial charge in [-0.05, 0) is 56.2 Å². The maximum absolute atomic E-state index is 12.4. The number of amides is 1. The molecule has 5 aromatic rings. The fraction of sp³-hybridized carbons (Fsp3) is 0.303. The molecule has 3 aromatic heterocycles. The number of para-hydroxylation sites is 1. The molecule has 0 atom stereocenters. The summed E-state index contributed by atoms with van der Waals surface area (Å²) in [5, 5.41) is 15.6. The predicted octanol–water partition coefficient (Wildman–Crippen LogP) is 6.57. The predicted molar refractivity (Wildman–Crippen MR) is 165 cm³/mol. The Balaban J connectivity index is 0.00000173. The SMILES string of the molecule is CC.CC(C)(C)OC(=O)N1CCN(c2ccc(-c3cnc4c(-c5ccnc6ccccc56)cnn4c3)cc2C#N)CC1. The Morgan fingerprint density at radius 2 is 1.69 bits per heavy atom. The number of carbonyl (C=O) groups excluding carboxylic acids is 1. The molecule has 0 spiro atoms. The van der Waals surface area contributed by atoms with E-state index in [2.05, 4.69) is 27.1 Å². The van der Waals surface area contributed by atoms with Crippen molar-refractivity contribution >= 4 is 28.3 Å². The minimum atomic E-state index is -0.527. The number of nitrogens with zero attached hydrogens (tertiary/aromatic N) is 7. The number of nitriles is 1. The van der Waals surface area contributed by atoms with E-state index in [4.69, 9.17) is 9.72 Å². The molecule has 9 nitrogen and oxygen atoms in total. The largest absolute Gasteiger partial charge is 0.444 e. The average Bonchev–Trinajstić information content (AvgIpc) is 3.44. The number of hydrogen-bond acceptors (Lipinski definition) is 7. The van der Waals surface area contributed by atoms with Gasteiger partial charge < -0.3 is 14.5 Å². The van der Waals surface area contributed by atoms with E-state index in [1.807, 2.05) is 95.7 Å². The quantitative estimate of drug-likeness (QED) is 0.246. The summed E-state index contributed by atoms with van der Waals surface area (Å²) in [6.45, 7) is 11.9. The van der Waals surface area contributed by atoms with Gasteiger partial charge in [0, 0.05) is 61.3 Å². The second-order valence-corrected chi connectivity index (χ2v) is 10.8. The van der Waals surface area contributed by atoms with E-state index in [0.29, 0.717) is 31.7 Å². The van der Waals surface area contributed by atoms with E-state index in [9.17, 15) is 10.1 Å². The first-order valence-electron chi connectivity index (χ1n) is 14.3. The first-order valence-corrected chi connectivity index (χ1v) is 14.3. The van der Waals surface area contributed by atoms with Crippen molar-refractivity contribution in [1.82, 2.24) is 24.5 Å². The summed E-state index contributed by atoms with van der Waals surface area (Å²) in [6, 6.07) is 18.2. The van der Waals surface area contributed by atoms with Gasteiger partial charge in [0.2, 0.25) is 0 Å². The van der Waals surface area contributed by atoms with Crippen LogP contribution < -0.4 is 4.90 Å². The zero-order valence-electron chi connectivity index (χ0n) is 24.7. The van der Waals surface area contributed by atoms with Crippen LogP contribution in [0.5, 0.6) is 0 Å². The maximum atomic E-state index is 12.4. The first kappa shape index (κ1) is 28.6. The summed E-state index contributed by atoms with van der Waals surface area (Å²) in [4.78, 5) is 25.5. The van der Waals surface area contributed by atoms with Gasteiger partial charge in [0.25, 0.3) is 0 Å². The molecule has 0 bridgehead atoms. The highest BCUT2D eigenvalue weighted by molar-refractivity contribution is 5.97. The minimum Gasteiger partial charge on any atom is -0.444 e. The molecule has 1 fully saturated rings. The van der Waals surface area contributed by atoms with Gasteiger partial charge in [-0.1, -0.05) is 38.1 Å². The lowest BCUT2D eigenvalue weighted by Crippen LogP contribution is -2.50. The van der Waals surface area contributed by atoms with Gasteiger partial charge in [-0.25, -0.2) is 14.3 Å². The summed E-state index contributed by atoms with van der Waals surface area (Å²) in [7, 11) is 0. The Morgan fingerprint density at radius 1 is 0.929 bits per heavy atom. The normalized spacial score (nSPS) is 13.4. The van der Waals surface area contributed by atoms with E-state index in [-0.39, 0.29) is 6.09 Å². The van der Waals surface area contributed by atoms with Gasteiger partial charge in [0.15, 0.2) is 5.65 Å². The third kappa shape index (κ3) is 5.75. The fourth-order valence-corrected chi connectivity index (χ4v) is 5.08. The molecule has 1 amide bonds. The van der Waals surface area contributed by atoms with E-state index in [1.165, 1.54) is 0 Å². The van der Waals surface area contributed by atoms with Crippen molar-refractivity contribution < 1.29 is 9.53 Å². The van der Waals surface area contributed by atoms with Crippen LogP contribution in [0.1, 0.15) is 40.2 Å². The van der Waals surface area contributed by atoms with Crippen LogP contribution in [0, 0.1) is 11.3 Å². The van der Waals surface area contributed by atoms with Crippen LogP contribution in [-0.2, 0) is 4.74 Å². The molecule has 4 heterocycles. The molecule has 0 N–H and O–H groups in total. The van der Waals surface area contributed by atoms with Crippen molar-refractivity contribution in [2.45, 2.75) is 40.2 Å². The number of anilines is 1. The van der Waals surface area contributed by atoms with Crippen molar-refractivity contribution in [1.29, 1.82) is 5.26 Å². The molecule has 42 heavy (non-hydrogen) atoms. The summed E-state index contributed by atoms with van der Waals surface area (Å²) in [5.74, 6) is 0. The Morgan fingerprint density at radius 3 is 2.43 bits per heavy atom. The molecule has 1 saturated heterocycles. The van der Waals surface area contributed by atoms with Gasteiger partial charge in [-0.3, -0.25) is 4.98 Å². The third-order valence-corrected chi connectivity index (χ3v) is 7.02. The molecular weight excluding hydrogens is 526 g/mol. The smallest absolute Gasteiger partial charge is 0.410 e. The van der Waals surface area contributed by atoms with Crippen LogP contribution in [0.25, 0.3) is 38.8 Å². The van der Waals surface area contributed by atoms with Gasteiger partial charge in [0.05, 0.1) is 23.0 Å². The van der Waals surface area contributed by atoms with Crippen molar-refractivity contribution in [2.24, 2.45) is 0 Å². The Bertz CT molecular complexity index is 1770. The number of pyridine rings is 1. The maximum Gasteiger partial charge on any atom is 0.410 e. The lowest BCUT2D eigenvalue weighted by atomic mass is 10.0. The molecule has 0 aliphatic carbocycles. The molecule has 6 rings (SSSR count). The molecule has 214 valence electrons. The van der Waals surface area contributed by atoms with Crippen LogP contribution >= 0.6 is 0 Å². The molecular formula is C33H35N7O2. The summed E-state index contributed by atoms with van der Waals surface area (Å²) >= 11 is 0. The molecule has 2 aromatic carbocycles. The number of fused-ring (bicyclic) bond motifs is 2. The number of aromatic nitrogens is 4. The molecule has 0 saturated carbocycles. The van der Waals surface area contributed by atoms with E-state index < -0.39 is 5.60 Å². The Hall–Kier alpha value is -4.97. The standard InChI is InChI=1S/C31H29N7O2.C2H6/c1-31(2,3)40-30(39)37-14-12-36(13-15-37)28-9-8-21(16-22(28)17-32)23-18-34-29-26(19-35-38(29)20-23)24-10-11-33-27-7-5-4-6-25(24)27;1-2/h4-11,16,18-20H,12-15H2,1-3H3;1-2H3. The van der Waals surface area contributed by atoms with E-state index >= 15 is 0 Å². The number of carbonyl (C=O) groups is 1. The van der Waals surface area contributed by atoms with Gasteiger partial charge >= 0.3 is 6.09 Å². The van der Waals surface area contributed by atoms with E-state index in [0.717, 1.165) is 44.5 Å². The van der Waals surface area contributed by atoms with Crippen LogP contribution in [0.2, 0.25) is 0 Å². The number of benzene rings is 2. The lowest BCUT2D eigenvalue weighted by molar-refractivity contribution is 0.0240. The second-order valence-electron chi connectivity index (χ2n) is 10.8. The number of piperazine rings is 1. The summed E-state index contributed by atoms with van der Waals surface area (Å²) in [6.07, 6.45) is 7.08. The zero-order chi connectivity index (χ0) is 29.9. The van der Waals surface area contributed by atoms with Crippen LogP contribution in [0.3, 0.4) is 0 Å². The highest BCUT2D eigenvalue weighted by Gasteiger charge is 2.27. The number of rotatable bonds is 3. The monoisotopic (exact) mass is 561 g/mol. The topological polar surface area (TPSA) is 99.7 Å². The van der Waals surface area contributed by atoms with Gasteiger partial charge in [-0.2, -0.15) is 10.4 Å². The third-order valence-electron chi connectivity index (χ3n) is 7.02. The highest BCUT2D eigenvalue weighted by Crippen LogP contribution is 2.32. The van der Waals surface area contributed by atoms with Crippen LogP contribution in [-0.4, -0.2) is 62.4 Å². The lowest BCUT2D eigenvalue weighted by Gasteiger charge is -2.37. The molecule has 9 heteroatoms. The Kier molecular flexibility index (Phi) is 8.07. The van der Waals surface area contributed by atoms with Gasteiger partial charge in [-0.15, -0.1) is 0 Å². The minimum absolute atomic E-state index is 0.301.